The maximum Gasteiger partial charge on any atom is 0.269 e. The van der Waals surface area contributed by atoms with Gasteiger partial charge in [0.1, 0.15) is 5.75 Å². The predicted octanol–water partition coefficient (Wildman–Crippen LogP) is 2.74. The number of ether oxygens (including phenoxy) is 1. The number of non-ortho nitro benzene ring substituents is 1. The van der Waals surface area contributed by atoms with Crippen molar-refractivity contribution in [3.63, 3.8) is 0 Å². The van der Waals surface area contributed by atoms with E-state index in [0.29, 0.717) is 11.6 Å². The number of nitro groups is 1. The summed E-state index contributed by atoms with van der Waals surface area (Å²) in [6.07, 6.45) is 3.98. The summed E-state index contributed by atoms with van der Waals surface area (Å²) in [6.45, 7) is 1.99. The van der Waals surface area contributed by atoms with E-state index in [1.54, 1.807) is 6.20 Å². The Labute approximate surface area is 103 Å². The van der Waals surface area contributed by atoms with E-state index >= 15 is 0 Å². The molecule has 0 bridgehead atoms. The third-order valence-corrected chi connectivity index (χ3v) is 2.31. The van der Waals surface area contributed by atoms with Gasteiger partial charge in [-0.15, -0.1) is 0 Å². The number of nitro benzene ring substituents is 1. The average Bonchev–Trinajstić information content (AvgIpc) is 2.40. The highest BCUT2D eigenvalue weighted by atomic mass is 16.6. The molecule has 0 aliphatic carbocycles. The fourth-order valence-electron chi connectivity index (χ4n) is 1.33. The van der Waals surface area contributed by atoms with E-state index in [0.717, 1.165) is 12.1 Å². The number of benzene rings is 1. The number of hydrogen-bond acceptors (Lipinski definition) is 5. The van der Waals surface area contributed by atoms with Crippen LogP contribution in [0.3, 0.4) is 0 Å². The Bertz CT molecular complexity index is 537. The molecule has 0 amide bonds. The Kier molecular flexibility index (Phi) is 3.47. The lowest BCUT2D eigenvalue weighted by Crippen LogP contribution is -1.93. The Balaban J connectivity index is 2.10. The zero-order valence-electron chi connectivity index (χ0n) is 9.74. The molecule has 0 aliphatic heterocycles. The second-order valence-electron chi connectivity index (χ2n) is 3.55. The minimum Gasteiger partial charge on any atom is -0.437 e. The molecule has 1 heterocycles. The molecule has 0 N–H and O–H groups in total. The van der Waals surface area contributed by atoms with Gasteiger partial charge in [-0.2, -0.15) is 0 Å². The average molecular weight is 245 g/mol. The second-order valence-corrected chi connectivity index (χ2v) is 3.55. The molecule has 2 aromatic rings. The SMILES string of the molecule is CCc1cnc(Oc2ccc([N+](=O)[O-])cc2)cn1. The van der Waals surface area contributed by atoms with Gasteiger partial charge in [-0.1, -0.05) is 6.92 Å². The summed E-state index contributed by atoms with van der Waals surface area (Å²) in [5, 5.41) is 10.5. The molecule has 0 aliphatic rings. The van der Waals surface area contributed by atoms with Crippen molar-refractivity contribution in [3.8, 4) is 11.6 Å². The lowest BCUT2D eigenvalue weighted by Gasteiger charge is -2.04. The van der Waals surface area contributed by atoms with Gasteiger partial charge < -0.3 is 4.74 Å². The first-order valence-electron chi connectivity index (χ1n) is 5.42. The molecule has 6 nitrogen and oxygen atoms in total. The zero-order chi connectivity index (χ0) is 13.0. The van der Waals surface area contributed by atoms with E-state index in [1.165, 1.54) is 30.5 Å². The van der Waals surface area contributed by atoms with Crippen LogP contribution in [0.5, 0.6) is 11.6 Å². The van der Waals surface area contributed by atoms with Crippen molar-refractivity contribution in [1.29, 1.82) is 0 Å². The van der Waals surface area contributed by atoms with Gasteiger partial charge in [0.25, 0.3) is 5.69 Å². The number of aryl methyl sites for hydroxylation is 1. The standard InChI is InChI=1S/C12H11N3O3/c1-2-9-7-14-12(8-13-9)18-11-5-3-10(4-6-11)15(16)17/h3-8H,2H2,1H3. The van der Waals surface area contributed by atoms with E-state index in [4.69, 9.17) is 4.74 Å². The van der Waals surface area contributed by atoms with Crippen LogP contribution in [0.15, 0.2) is 36.7 Å². The lowest BCUT2D eigenvalue weighted by molar-refractivity contribution is -0.384. The first-order chi connectivity index (χ1) is 8.69. The molecule has 18 heavy (non-hydrogen) atoms. The first kappa shape index (κ1) is 12.0. The van der Waals surface area contributed by atoms with Crippen LogP contribution in [0, 0.1) is 10.1 Å². The van der Waals surface area contributed by atoms with Crippen LogP contribution >= 0.6 is 0 Å². The smallest absolute Gasteiger partial charge is 0.269 e. The molecule has 0 unspecified atom stereocenters. The fraction of sp³-hybridized carbons (Fsp3) is 0.167. The molecule has 2 rings (SSSR count). The van der Waals surface area contributed by atoms with Gasteiger partial charge >= 0.3 is 0 Å². The monoisotopic (exact) mass is 245 g/mol. The minimum atomic E-state index is -0.459. The molecule has 0 radical (unpaired) electrons. The quantitative estimate of drug-likeness (QED) is 0.611. The highest BCUT2D eigenvalue weighted by Gasteiger charge is 2.05. The van der Waals surface area contributed by atoms with Gasteiger partial charge in [0.15, 0.2) is 0 Å². The Morgan fingerprint density at radius 3 is 2.44 bits per heavy atom. The summed E-state index contributed by atoms with van der Waals surface area (Å²) in [5.74, 6) is 0.847. The third-order valence-electron chi connectivity index (χ3n) is 2.31. The van der Waals surface area contributed by atoms with Crippen LogP contribution in [0.25, 0.3) is 0 Å². The Morgan fingerprint density at radius 1 is 1.22 bits per heavy atom. The van der Waals surface area contributed by atoms with Crippen molar-refractivity contribution >= 4 is 5.69 Å². The molecular formula is C12H11N3O3. The summed E-state index contributed by atoms with van der Waals surface area (Å²) in [4.78, 5) is 18.3. The highest BCUT2D eigenvalue weighted by molar-refractivity contribution is 5.37. The molecule has 1 aromatic heterocycles. The van der Waals surface area contributed by atoms with Crippen LogP contribution in [-0.2, 0) is 6.42 Å². The largest absolute Gasteiger partial charge is 0.437 e. The van der Waals surface area contributed by atoms with Crippen molar-refractivity contribution in [3.05, 3.63) is 52.5 Å². The number of aromatic nitrogens is 2. The highest BCUT2D eigenvalue weighted by Crippen LogP contribution is 2.21. The fourth-order valence-corrected chi connectivity index (χ4v) is 1.33. The number of rotatable bonds is 4. The summed E-state index contributed by atoms with van der Waals surface area (Å²) < 4.78 is 5.42. The van der Waals surface area contributed by atoms with Gasteiger partial charge in [-0.3, -0.25) is 15.1 Å². The van der Waals surface area contributed by atoms with Gasteiger partial charge in [0.05, 0.1) is 23.0 Å². The first-order valence-corrected chi connectivity index (χ1v) is 5.42. The zero-order valence-corrected chi connectivity index (χ0v) is 9.74. The van der Waals surface area contributed by atoms with Crippen molar-refractivity contribution in [1.82, 2.24) is 9.97 Å². The number of hydrogen-bond donors (Lipinski definition) is 0. The van der Waals surface area contributed by atoms with Crippen molar-refractivity contribution in [2.24, 2.45) is 0 Å². The van der Waals surface area contributed by atoms with Crippen LogP contribution in [0.1, 0.15) is 12.6 Å². The van der Waals surface area contributed by atoms with Crippen molar-refractivity contribution < 1.29 is 9.66 Å². The molecule has 0 saturated heterocycles. The molecule has 0 fully saturated rings. The Hall–Kier alpha value is -2.50. The van der Waals surface area contributed by atoms with E-state index in [1.807, 2.05) is 6.92 Å². The molecule has 1 aromatic carbocycles. The van der Waals surface area contributed by atoms with Crippen LogP contribution in [-0.4, -0.2) is 14.9 Å². The van der Waals surface area contributed by atoms with Gasteiger partial charge in [0.2, 0.25) is 5.88 Å². The van der Waals surface area contributed by atoms with Crippen LogP contribution < -0.4 is 4.74 Å². The molecule has 0 spiro atoms. The van der Waals surface area contributed by atoms with Gasteiger partial charge in [-0.25, -0.2) is 4.98 Å². The van der Waals surface area contributed by atoms with Gasteiger partial charge in [-0.05, 0) is 18.6 Å². The Morgan fingerprint density at radius 2 is 1.94 bits per heavy atom. The maximum atomic E-state index is 10.5. The lowest BCUT2D eigenvalue weighted by atomic mass is 10.3. The molecule has 6 heteroatoms. The summed E-state index contributed by atoms with van der Waals surface area (Å²) >= 11 is 0. The van der Waals surface area contributed by atoms with Crippen LogP contribution in [0.4, 0.5) is 5.69 Å². The summed E-state index contributed by atoms with van der Waals surface area (Å²) in [7, 11) is 0. The second kappa shape index (κ2) is 5.22. The van der Waals surface area contributed by atoms with Crippen molar-refractivity contribution in [2.45, 2.75) is 13.3 Å². The maximum absolute atomic E-state index is 10.5. The molecular weight excluding hydrogens is 234 g/mol. The van der Waals surface area contributed by atoms with E-state index in [2.05, 4.69) is 9.97 Å². The van der Waals surface area contributed by atoms with E-state index < -0.39 is 4.92 Å². The van der Waals surface area contributed by atoms with Crippen molar-refractivity contribution in [2.75, 3.05) is 0 Å². The van der Waals surface area contributed by atoms with E-state index in [9.17, 15) is 10.1 Å². The molecule has 0 saturated carbocycles. The number of nitrogens with zero attached hydrogens (tertiary/aromatic N) is 3. The van der Waals surface area contributed by atoms with Crippen LogP contribution in [0.2, 0.25) is 0 Å². The van der Waals surface area contributed by atoms with E-state index in [-0.39, 0.29) is 5.69 Å². The summed E-state index contributed by atoms with van der Waals surface area (Å²) in [6, 6.07) is 5.80. The third kappa shape index (κ3) is 2.79. The molecule has 92 valence electrons. The van der Waals surface area contributed by atoms with Gasteiger partial charge in [0, 0.05) is 12.1 Å². The predicted molar refractivity (Wildman–Crippen MR) is 64.6 cm³/mol. The summed E-state index contributed by atoms with van der Waals surface area (Å²) in [5.41, 5.74) is 0.904. The minimum absolute atomic E-state index is 0.0229. The topological polar surface area (TPSA) is 78.2 Å². The molecule has 0 atom stereocenters. The normalized spacial score (nSPS) is 10.1.